The number of hydrogen-bond acceptors (Lipinski definition) is 4. The fraction of sp³-hybridized carbons (Fsp3) is 0.143. The standard InChI is InChI=1S/C14H13ClN4O2S/c1-9-13(14(15)19(2)17-9)22(20,21)18-11-5-6-12-10(8-11)4-3-7-16-12/h3-8,18H,1-2H3. The van der Waals surface area contributed by atoms with Crippen LogP contribution in [0.4, 0.5) is 5.69 Å². The molecule has 0 spiro atoms. The number of anilines is 1. The molecule has 0 radical (unpaired) electrons. The Balaban J connectivity index is 2.03. The van der Waals surface area contributed by atoms with Crippen molar-refractivity contribution in [1.29, 1.82) is 0 Å². The topological polar surface area (TPSA) is 76.9 Å². The molecule has 3 aromatic rings. The van der Waals surface area contributed by atoms with Crippen molar-refractivity contribution >= 4 is 38.2 Å². The molecule has 8 heteroatoms. The van der Waals surface area contributed by atoms with Crippen LogP contribution in [-0.4, -0.2) is 23.2 Å². The Kier molecular flexibility index (Phi) is 3.54. The highest BCUT2D eigenvalue weighted by Gasteiger charge is 2.25. The van der Waals surface area contributed by atoms with Gasteiger partial charge in [0.15, 0.2) is 0 Å². The van der Waals surface area contributed by atoms with E-state index in [9.17, 15) is 8.42 Å². The third kappa shape index (κ3) is 2.53. The predicted octanol–water partition coefficient (Wildman–Crippen LogP) is 2.73. The molecule has 3 rings (SSSR count). The molecular weight excluding hydrogens is 324 g/mol. The van der Waals surface area contributed by atoms with Crippen LogP contribution in [-0.2, 0) is 17.1 Å². The SMILES string of the molecule is Cc1nn(C)c(Cl)c1S(=O)(=O)Nc1ccc2ncccc2c1. The molecule has 0 aliphatic carbocycles. The Hall–Kier alpha value is -2.12. The van der Waals surface area contributed by atoms with Gasteiger partial charge in [-0.05, 0) is 31.2 Å². The molecule has 2 heterocycles. The monoisotopic (exact) mass is 336 g/mol. The number of fused-ring (bicyclic) bond motifs is 1. The van der Waals surface area contributed by atoms with E-state index < -0.39 is 10.0 Å². The van der Waals surface area contributed by atoms with Gasteiger partial charge in [0.05, 0.1) is 11.2 Å². The second-order valence-electron chi connectivity index (χ2n) is 4.85. The van der Waals surface area contributed by atoms with Gasteiger partial charge in [0.1, 0.15) is 10.0 Å². The molecule has 1 aromatic carbocycles. The number of nitrogens with zero attached hydrogens (tertiary/aromatic N) is 3. The molecule has 2 aromatic heterocycles. The van der Waals surface area contributed by atoms with Gasteiger partial charge in [-0.3, -0.25) is 14.4 Å². The highest BCUT2D eigenvalue weighted by Crippen LogP contribution is 2.27. The molecule has 0 fully saturated rings. The van der Waals surface area contributed by atoms with Crippen LogP contribution in [0.25, 0.3) is 10.9 Å². The van der Waals surface area contributed by atoms with Crippen LogP contribution in [0.2, 0.25) is 5.15 Å². The lowest BCUT2D eigenvalue weighted by molar-refractivity contribution is 0.600. The zero-order valence-electron chi connectivity index (χ0n) is 11.9. The fourth-order valence-electron chi connectivity index (χ4n) is 2.26. The zero-order chi connectivity index (χ0) is 15.9. The van der Waals surface area contributed by atoms with Crippen LogP contribution in [0.5, 0.6) is 0 Å². The fourth-order valence-corrected chi connectivity index (χ4v) is 4.06. The van der Waals surface area contributed by atoms with E-state index >= 15 is 0 Å². The molecule has 6 nitrogen and oxygen atoms in total. The Labute approximate surface area is 132 Å². The number of sulfonamides is 1. The minimum Gasteiger partial charge on any atom is -0.279 e. The van der Waals surface area contributed by atoms with E-state index in [0.29, 0.717) is 11.4 Å². The average Bonchev–Trinajstić information content (AvgIpc) is 2.72. The minimum absolute atomic E-state index is 0.0112. The van der Waals surface area contributed by atoms with E-state index in [0.717, 1.165) is 10.9 Å². The van der Waals surface area contributed by atoms with Crippen molar-refractivity contribution in [3.8, 4) is 0 Å². The van der Waals surface area contributed by atoms with E-state index in [1.165, 1.54) is 4.68 Å². The largest absolute Gasteiger partial charge is 0.279 e. The van der Waals surface area contributed by atoms with Crippen LogP contribution >= 0.6 is 11.6 Å². The van der Waals surface area contributed by atoms with Gasteiger partial charge in [0, 0.05) is 24.3 Å². The smallest absolute Gasteiger partial charge is 0.266 e. The van der Waals surface area contributed by atoms with Crippen LogP contribution in [0.3, 0.4) is 0 Å². The third-order valence-corrected chi connectivity index (χ3v) is 5.30. The molecule has 0 amide bonds. The number of aromatic nitrogens is 3. The second-order valence-corrected chi connectivity index (χ2v) is 6.82. The first kappa shape index (κ1) is 14.8. The zero-order valence-corrected chi connectivity index (χ0v) is 13.5. The first-order valence-electron chi connectivity index (χ1n) is 6.45. The number of benzene rings is 1. The van der Waals surface area contributed by atoms with Crippen molar-refractivity contribution in [1.82, 2.24) is 14.8 Å². The summed E-state index contributed by atoms with van der Waals surface area (Å²) < 4.78 is 28.9. The first-order valence-corrected chi connectivity index (χ1v) is 8.31. The van der Waals surface area contributed by atoms with Gasteiger partial charge < -0.3 is 0 Å². The highest BCUT2D eigenvalue weighted by atomic mass is 35.5. The normalized spacial score (nSPS) is 11.8. The molecule has 22 heavy (non-hydrogen) atoms. The van der Waals surface area contributed by atoms with Crippen molar-refractivity contribution in [2.45, 2.75) is 11.8 Å². The second kappa shape index (κ2) is 5.26. The molecule has 0 atom stereocenters. The molecule has 114 valence electrons. The number of halogens is 1. The molecule has 1 N–H and O–H groups in total. The summed E-state index contributed by atoms with van der Waals surface area (Å²) in [7, 11) is -2.21. The van der Waals surface area contributed by atoms with E-state index in [1.807, 2.05) is 6.07 Å². The summed E-state index contributed by atoms with van der Waals surface area (Å²) in [6, 6.07) is 8.79. The van der Waals surface area contributed by atoms with E-state index in [1.54, 1.807) is 44.4 Å². The van der Waals surface area contributed by atoms with Crippen molar-refractivity contribution in [3.63, 3.8) is 0 Å². The molecule has 0 aliphatic heterocycles. The van der Waals surface area contributed by atoms with Gasteiger partial charge in [-0.1, -0.05) is 17.7 Å². The summed E-state index contributed by atoms with van der Waals surface area (Å²) >= 11 is 6.03. The number of hydrogen-bond donors (Lipinski definition) is 1. The van der Waals surface area contributed by atoms with E-state index in [2.05, 4.69) is 14.8 Å². The van der Waals surface area contributed by atoms with Crippen LogP contribution < -0.4 is 4.72 Å². The lowest BCUT2D eigenvalue weighted by atomic mass is 10.2. The maximum atomic E-state index is 12.5. The number of pyridine rings is 1. The molecule has 0 saturated heterocycles. The summed E-state index contributed by atoms with van der Waals surface area (Å²) in [5.74, 6) is 0. The lowest BCUT2D eigenvalue weighted by Crippen LogP contribution is -2.14. The maximum Gasteiger partial charge on any atom is 0.266 e. The average molecular weight is 337 g/mol. The number of aryl methyl sites for hydroxylation is 2. The summed E-state index contributed by atoms with van der Waals surface area (Å²) in [6.45, 7) is 1.60. The molecule has 0 bridgehead atoms. The van der Waals surface area contributed by atoms with Crippen molar-refractivity contribution in [3.05, 3.63) is 47.4 Å². The number of rotatable bonds is 3. The van der Waals surface area contributed by atoms with Gasteiger partial charge in [-0.15, -0.1) is 0 Å². The van der Waals surface area contributed by atoms with Gasteiger partial charge in [-0.25, -0.2) is 8.42 Å². The highest BCUT2D eigenvalue weighted by molar-refractivity contribution is 7.92. The summed E-state index contributed by atoms with van der Waals surface area (Å²) in [6.07, 6.45) is 1.69. The van der Waals surface area contributed by atoms with Gasteiger partial charge in [0.25, 0.3) is 10.0 Å². The van der Waals surface area contributed by atoms with E-state index in [4.69, 9.17) is 11.6 Å². The van der Waals surface area contributed by atoms with Gasteiger partial charge >= 0.3 is 0 Å². The third-order valence-electron chi connectivity index (χ3n) is 3.22. The molecular formula is C14H13ClN4O2S. The number of nitrogens with one attached hydrogen (secondary N) is 1. The Morgan fingerprint density at radius 1 is 1.27 bits per heavy atom. The van der Waals surface area contributed by atoms with Gasteiger partial charge in [-0.2, -0.15) is 5.10 Å². The van der Waals surface area contributed by atoms with Crippen molar-refractivity contribution < 1.29 is 8.42 Å². The lowest BCUT2D eigenvalue weighted by Gasteiger charge is -2.08. The van der Waals surface area contributed by atoms with Gasteiger partial charge in [0.2, 0.25) is 0 Å². The Morgan fingerprint density at radius 2 is 2.05 bits per heavy atom. The van der Waals surface area contributed by atoms with E-state index in [-0.39, 0.29) is 10.0 Å². The van der Waals surface area contributed by atoms with Crippen molar-refractivity contribution in [2.75, 3.05) is 4.72 Å². The summed E-state index contributed by atoms with van der Waals surface area (Å²) in [4.78, 5) is 4.19. The molecule has 0 aliphatic rings. The summed E-state index contributed by atoms with van der Waals surface area (Å²) in [5.41, 5.74) is 1.59. The first-order chi connectivity index (χ1) is 10.4. The molecule has 0 unspecified atom stereocenters. The quantitative estimate of drug-likeness (QED) is 0.797. The van der Waals surface area contributed by atoms with Crippen LogP contribution in [0.1, 0.15) is 5.69 Å². The van der Waals surface area contributed by atoms with Crippen LogP contribution in [0.15, 0.2) is 41.4 Å². The van der Waals surface area contributed by atoms with Crippen LogP contribution in [0, 0.1) is 6.92 Å². The Morgan fingerprint density at radius 3 is 2.73 bits per heavy atom. The predicted molar refractivity (Wildman–Crippen MR) is 85.5 cm³/mol. The molecule has 0 saturated carbocycles. The Bertz CT molecular complexity index is 966. The summed E-state index contributed by atoms with van der Waals surface area (Å²) in [5, 5.41) is 4.94. The van der Waals surface area contributed by atoms with Crippen molar-refractivity contribution in [2.24, 2.45) is 7.05 Å². The maximum absolute atomic E-state index is 12.5. The minimum atomic E-state index is -3.81.